The van der Waals surface area contributed by atoms with Crippen LogP contribution in [0.2, 0.25) is 0 Å². The fraction of sp³-hybridized carbons (Fsp3) is 0. The molecule has 2 aromatic heterocycles. The van der Waals surface area contributed by atoms with Gasteiger partial charge in [-0.15, -0.1) is 11.3 Å². The first kappa shape index (κ1) is 25.4. The third-order valence-corrected chi connectivity index (χ3v) is 11.0. The minimum Gasteiger partial charge on any atom is -0.246 e. The zero-order valence-corrected chi connectivity index (χ0v) is 27.9. The monoisotopic (exact) mass is 671 g/mol. The van der Waals surface area contributed by atoms with E-state index in [1.165, 1.54) is 0 Å². The lowest BCUT2D eigenvalue weighted by Crippen LogP contribution is -2.40. The van der Waals surface area contributed by atoms with Crippen molar-refractivity contribution < 1.29 is 4.11 Å². The van der Waals surface area contributed by atoms with E-state index in [4.69, 9.17) is 12.7 Å². The number of anilines is 4. The number of thiophene rings is 1. The van der Waals surface area contributed by atoms with Crippen LogP contribution in [0, 0.1) is 0 Å². The SMILES string of the molecule is [2H]c1cc2c([2H])cccc2c2c1N(c1ccccc1)N(c1nc(-c3ccccc3)c3ccccc3n1)c1c-2c2ccccc2c2c1sc1c([2H])cccc12. The maximum absolute atomic E-state index is 9.78. The Balaban J connectivity index is 1.40. The average Bonchev–Trinajstić information content (AvgIpc) is 3.62. The van der Waals surface area contributed by atoms with Crippen molar-refractivity contribution in [2.24, 2.45) is 0 Å². The summed E-state index contributed by atoms with van der Waals surface area (Å²) in [6, 6.07) is 51.6. The number of aromatic nitrogens is 2. The van der Waals surface area contributed by atoms with E-state index < -0.39 is 0 Å². The quantitative estimate of drug-likeness (QED) is 0.187. The highest BCUT2D eigenvalue weighted by atomic mass is 32.1. The summed E-state index contributed by atoms with van der Waals surface area (Å²) < 4.78 is 29.7. The first-order valence-electron chi connectivity index (χ1n) is 18.4. The van der Waals surface area contributed by atoms with E-state index in [-0.39, 0.29) is 6.04 Å². The normalized spacial score (nSPS) is 13.5. The van der Waals surface area contributed by atoms with E-state index in [0.717, 1.165) is 86.4 Å². The van der Waals surface area contributed by atoms with Crippen molar-refractivity contribution in [3.8, 4) is 22.4 Å². The van der Waals surface area contributed by atoms with Gasteiger partial charge in [0.15, 0.2) is 0 Å². The molecule has 0 saturated heterocycles. The second kappa shape index (κ2) is 11.0. The summed E-state index contributed by atoms with van der Waals surface area (Å²) in [5.41, 5.74) is 6.79. The number of rotatable bonds is 3. The molecule has 5 heteroatoms. The lowest BCUT2D eigenvalue weighted by atomic mass is 9.87. The van der Waals surface area contributed by atoms with Crippen molar-refractivity contribution in [3.05, 3.63) is 170 Å². The molecule has 1 aliphatic rings. The number of para-hydroxylation sites is 2. The van der Waals surface area contributed by atoms with Crippen LogP contribution in [-0.4, -0.2) is 9.97 Å². The molecule has 0 radical (unpaired) electrons. The van der Waals surface area contributed by atoms with Gasteiger partial charge in [0.2, 0.25) is 0 Å². The molecule has 0 aliphatic carbocycles. The fourth-order valence-corrected chi connectivity index (χ4v) is 8.97. The van der Waals surface area contributed by atoms with Gasteiger partial charge in [-0.1, -0.05) is 140 Å². The van der Waals surface area contributed by atoms with Gasteiger partial charge in [-0.25, -0.2) is 20.0 Å². The average molecular weight is 672 g/mol. The first-order valence-corrected chi connectivity index (χ1v) is 17.8. The molecule has 11 rings (SSSR count). The van der Waals surface area contributed by atoms with Gasteiger partial charge in [-0.2, -0.15) is 0 Å². The van der Waals surface area contributed by atoms with Gasteiger partial charge >= 0.3 is 0 Å². The van der Waals surface area contributed by atoms with E-state index in [1.807, 2.05) is 78.9 Å². The van der Waals surface area contributed by atoms with Crippen molar-refractivity contribution in [1.82, 2.24) is 9.97 Å². The number of fused-ring (bicyclic) bond motifs is 13. The highest BCUT2D eigenvalue weighted by Crippen LogP contribution is 2.58. The standard InChI is InChI=1S/C46H28N4S/c1-3-16-30(17-4-1)43-35-23-11-13-25-37(35)47-46(48-43)50-44-42(34-22-10-9-21-33(34)40-36-24-12-14-26-39(36)51-45(40)44)41-32-20-8-7-15-29(32)27-28-38(41)49(50)31-18-5-2-6-19-31/h1-28H/i15D,26D,28D. The number of hydrogen-bond acceptors (Lipinski definition) is 5. The molecule has 0 spiro atoms. The highest BCUT2D eigenvalue weighted by Gasteiger charge is 2.38. The highest BCUT2D eigenvalue weighted by molar-refractivity contribution is 7.26. The van der Waals surface area contributed by atoms with Crippen LogP contribution in [0.3, 0.4) is 0 Å². The summed E-state index contributed by atoms with van der Waals surface area (Å²) in [4.78, 5) is 10.8. The molecular formula is C46H28N4S. The summed E-state index contributed by atoms with van der Waals surface area (Å²) in [6.45, 7) is 0. The predicted octanol–water partition coefficient (Wildman–Crippen LogP) is 12.8. The first-order chi connectivity index (χ1) is 26.6. The Morgan fingerprint density at radius 2 is 1.18 bits per heavy atom. The van der Waals surface area contributed by atoms with Crippen LogP contribution < -0.4 is 10.0 Å². The van der Waals surface area contributed by atoms with Crippen LogP contribution in [0.1, 0.15) is 4.11 Å². The molecule has 0 fully saturated rings. The van der Waals surface area contributed by atoms with Crippen molar-refractivity contribution in [2.45, 2.75) is 0 Å². The van der Waals surface area contributed by atoms with Crippen LogP contribution in [0.15, 0.2) is 170 Å². The summed E-state index contributed by atoms with van der Waals surface area (Å²) in [5, 5.41) is 10.9. The second-order valence-corrected chi connectivity index (χ2v) is 13.7. The third-order valence-electron chi connectivity index (χ3n) is 9.89. The number of hydrazine groups is 1. The maximum Gasteiger partial charge on any atom is 0.251 e. The van der Waals surface area contributed by atoms with E-state index >= 15 is 0 Å². The molecule has 4 nitrogen and oxygen atoms in total. The molecular weight excluding hydrogens is 641 g/mol. The van der Waals surface area contributed by atoms with Crippen molar-refractivity contribution in [3.63, 3.8) is 0 Å². The summed E-state index contributed by atoms with van der Waals surface area (Å²) in [7, 11) is 0. The van der Waals surface area contributed by atoms with E-state index in [1.54, 1.807) is 17.4 Å². The van der Waals surface area contributed by atoms with E-state index in [0.29, 0.717) is 23.7 Å². The molecule has 0 amide bonds. The third kappa shape index (κ3) is 4.13. The Morgan fingerprint density at radius 3 is 2.02 bits per heavy atom. The lowest BCUT2D eigenvalue weighted by molar-refractivity contribution is 0.933. The number of benzene rings is 8. The Hall–Kier alpha value is -6.56. The molecule has 0 unspecified atom stereocenters. The molecule has 0 bridgehead atoms. The molecule has 0 atom stereocenters. The van der Waals surface area contributed by atoms with Crippen molar-refractivity contribution in [1.29, 1.82) is 0 Å². The molecule has 0 N–H and O–H groups in total. The molecule has 1 aliphatic heterocycles. The topological polar surface area (TPSA) is 32.3 Å². The second-order valence-electron chi connectivity index (χ2n) is 12.7. The van der Waals surface area contributed by atoms with Gasteiger partial charge in [0, 0.05) is 37.5 Å². The fourth-order valence-electron chi connectivity index (χ4n) is 7.75. The van der Waals surface area contributed by atoms with Gasteiger partial charge in [0.25, 0.3) is 5.95 Å². The minimum absolute atomic E-state index is 0.287. The smallest absolute Gasteiger partial charge is 0.246 e. The van der Waals surface area contributed by atoms with Crippen LogP contribution >= 0.6 is 11.3 Å². The van der Waals surface area contributed by atoms with Crippen molar-refractivity contribution >= 4 is 87.0 Å². The van der Waals surface area contributed by atoms with Gasteiger partial charge < -0.3 is 0 Å². The number of nitrogens with zero attached hydrogens (tertiary/aromatic N) is 4. The molecule has 3 heterocycles. The number of hydrogen-bond donors (Lipinski definition) is 0. The molecule has 0 saturated carbocycles. The molecule has 238 valence electrons. The zero-order chi connectivity index (χ0) is 36.1. The van der Waals surface area contributed by atoms with Crippen LogP contribution in [-0.2, 0) is 0 Å². The molecule has 10 aromatic rings. The van der Waals surface area contributed by atoms with Crippen LogP contribution in [0.5, 0.6) is 0 Å². The molecule has 51 heavy (non-hydrogen) atoms. The van der Waals surface area contributed by atoms with E-state index in [9.17, 15) is 1.37 Å². The Labute approximate surface area is 302 Å². The summed E-state index contributed by atoms with van der Waals surface area (Å²) >= 11 is 1.61. The van der Waals surface area contributed by atoms with Gasteiger partial charge in [0.05, 0.1) is 37.1 Å². The van der Waals surface area contributed by atoms with Gasteiger partial charge in [0.1, 0.15) is 0 Å². The maximum atomic E-state index is 9.78. The van der Waals surface area contributed by atoms with Gasteiger partial charge in [-0.3, -0.25) is 0 Å². The summed E-state index contributed by atoms with van der Waals surface area (Å²) in [5.74, 6) is 0.456. The van der Waals surface area contributed by atoms with Crippen LogP contribution in [0.4, 0.5) is 23.0 Å². The van der Waals surface area contributed by atoms with E-state index in [2.05, 4.69) is 76.7 Å². The predicted molar refractivity (Wildman–Crippen MR) is 215 cm³/mol. The Kier molecular flexibility index (Phi) is 5.47. The minimum atomic E-state index is 0.287. The lowest BCUT2D eigenvalue weighted by Gasteiger charge is -2.43. The largest absolute Gasteiger partial charge is 0.251 e. The molecule has 8 aromatic carbocycles. The van der Waals surface area contributed by atoms with Crippen LogP contribution in [0.25, 0.3) is 75.0 Å². The zero-order valence-electron chi connectivity index (χ0n) is 30.1. The van der Waals surface area contributed by atoms with Gasteiger partial charge in [-0.05, 0) is 51.8 Å². The Bertz CT molecular complexity index is 3170. The van der Waals surface area contributed by atoms with Crippen molar-refractivity contribution in [2.75, 3.05) is 10.0 Å². The Morgan fingerprint density at radius 1 is 0.510 bits per heavy atom. The summed E-state index contributed by atoms with van der Waals surface area (Å²) in [6.07, 6.45) is 0.